The molecule has 2 rings (SSSR count). The van der Waals surface area contributed by atoms with Gasteiger partial charge in [0.1, 0.15) is 11.8 Å². The molecule has 0 fully saturated rings. The van der Waals surface area contributed by atoms with E-state index in [1.54, 1.807) is 14.0 Å². The minimum absolute atomic E-state index is 0.182. The van der Waals surface area contributed by atoms with Crippen LogP contribution in [0.1, 0.15) is 45.6 Å². The van der Waals surface area contributed by atoms with Crippen molar-refractivity contribution in [1.29, 1.82) is 0 Å². The Morgan fingerprint density at radius 1 is 1.50 bits per heavy atom. The molecule has 0 aromatic heterocycles. The molecule has 4 heteroatoms. The first-order valence-electron chi connectivity index (χ1n) is 6.98. The van der Waals surface area contributed by atoms with Crippen molar-refractivity contribution >= 4 is 11.7 Å². The summed E-state index contributed by atoms with van der Waals surface area (Å²) in [4.78, 5) is 13.5. The Labute approximate surface area is 120 Å². The number of hydrogen-bond donors (Lipinski definition) is 1. The summed E-state index contributed by atoms with van der Waals surface area (Å²) in [6.07, 6.45) is 0.921. The van der Waals surface area contributed by atoms with Crippen molar-refractivity contribution in [3.8, 4) is 5.75 Å². The highest BCUT2D eigenvalue weighted by Gasteiger charge is 2.40. The molecule has 1 aromatic rings. The minimum Gasteiger partial charge on any atom is -0.497 e. The summed E-state index contributed by atoms with van der Waals surface area (Å²) in [6.45, 7) is 8.14. The number of carboxylic acids is 1. The summed E-state index contributed by atoms with van der Waals surface area (Å²) >= 11 is 0. The summed E-state index contributed by atoms with van der Waals surface area (Å²) in [5.41, 5.74) is 1.99. The van der Waals surface area contributed by atoms with Crippen molar-refractivity contribution in [3.63, 3.8) is 0 Å². The number of nitrogens with zero attached hydrogens (tertiary/aromatic N) is 1. The highest BCUT2D eigenvalue weighted by Crippen LogP contribution is 2.45. The maximum absolute atomic E-state index is 11.4. The molecule has 2 atom stereocenters. The molecule has 0 saturated heterocycles. The summed E-state index contributed by atoms with van der Waals surface area (Å²) in [5, 5.41) is 9.39. The number of anilines is 1. The third-order valence-corrected chi connectivity index (χ3v) is 4.23. The Morgan fingerprint density at radius 2 is 2.15 bits per heavy atom. The molecule has 1 aliphatic rings. The van der Waals surface area contributed by atoms with Crippen molar-refractivity contribution in [2.45, 2.75) is 51.6 Å². The van der Waals surface area contributed by atoms with E-state index in [1.807, 2.05) is 23.1 Å². The van der Waals surface area contributed by atoms with Crippen molar-refractivity contribution in [2.75, 3.05) is 12.0 Å². The van der Waals surface area contributed by atoms with Gasteiger partial charge in [-0.1, -0.05) is 6.92 Å². The van der Waals surface area contributed by atoms with Crippen molar-refractivity contribution in [1.82, 2.24) is 0 Å². The van der Waals surface area contributed by atoms with Gasteiger partial charge in [0.2, 0.25) is 0 Å². The van der Waals surface area contributed by atoms with E-state index in [1.165, 1.54) is 0 Å². The van der Waals surface area contributed by atoms with Crippen LogP contribution in [-0.4, -0.2) is 29.8 Å². The number of carboxylic acid groups (broad SMARTS) is 1. The van der Waals surface area contributed by atoms with E-state index in [0.717, 1.165) is 23.4 Å². The van der Waals surface area contributed by atoms with Gasteiger partial charge in [-0.15, -0.1) is 0 Å². The van der Waals surface area contributed by atoms with Gasteiger partial charge in [-0.3, -0.25) is 0 Å². The zero-order chi connectivity index (χ0) is 15.1. The molecular formula is C16H23NO3. The first-order valence-corrected chi connectivity index (χ1v) is 6.98. The van der Waals surface area contributed by atoms with Crippen LogP contribution in [-0.2, 0) is 4.79 Å². The number of aliphatic carboxylic acids is 1. The lowest BCUT2D eigenvalue weighted by Gasteiger charge is -2.49. The molecule has 0 saturated carbocycles. The molecule has 1 aromatic carbocycles. The SMILES string of the molecule is COc1ccc2c(c1)[C@@H](C)CC(C)(C)N2[C@H](C)C(=O)O. The lowest BCUT2D eigenvalue weighted by atomic mass is 9.79. The van der Waals surface area contributed by atoms with Crippen LogP contribution < -0.4 is 9.64 Å². The van der Waals surface area contributed by atoms with E-state index in [4.69, 9.17) is 4.74 Å². The third-order valence-electron chi connectivity index (χ3n) is 4.23. The normalized spacial score (nSPS) is 22.1. The lowest BCUT2D eigenvalue weighted by molar-refractivity contribution is -0.138. The average Bonchev–Trinajstić information content (AvgIpc) is 2.37. The van der Waals surface area contributed by atoms with Crippen LogP contribution in [0.2, 0.25) is 0 Å². The highest BCUT2D eigenvalue weighted by atomic mass is 16.5. The molecule has 0 aliphatic carbocycles. The van der Waals surface area contributed by atoms with E-state index in [-0.39, 0.29) is 5.54 Å². The maximum atomic E-state index is 11.4. The van der Waals surface area contributed by atoms with Gasteiger partial charge in [0.25, 0.3) is 0 Å². The predicted molar refractivity (Wildman–Crippen MR) is 79.7 cm³/mol. The van der Waals surface area contributed by atoms with Gasteiger partial charge in [0.15, 0.2) is 0 Å². The molecule has 1 aliphatic heterocycles. The van der Waals surface area contributed by atoms with Gasteiger partial charge in [-0.2, -0.15) is 0 Å². The topological polar surface area (TPSA) is 49.8 Å². The van der Waals surface area contributed by atoms with E-state index in [2.05, 4.69) is 20.8 Å². The molecular weight excluding hydrogens is 254 g/mol. The molecule has 110 valence electrons. The Bertz CT molecular complexity index is 524. The molecule has 4 nitrogen and oxygen atoms in total. The van der Waals surface area contributed by atoms with Crippen molar-refractivity contribution in [3.05, 3.63) is 23.8 Å². The first kappa shape index (κ1) is 14.7. The monoisotopic (exact) mass is 277 g/mol. The molecule has 1 heterocycles. The van der Waals surface area contributed by atoms with Crippen molar-refractivity contribution < 1.29 is 14.6 Å². The number of fused-ring (bicyclic) bond motifs is 1. The van der Waals surface area contributed by atoms with Crippen LogP contribution in [0.3, 0.4) is 0 Å². The quantitative estimate of drug-likeness (QED) is 0.921. The van der Waals surface area contributed by atoms with Crippen LogP contribution in [0.15, 0.2) is 18.2 Å². The van der Waals surface area contributed by atoms with E-state index >= 15 is 0 Å². The molecule has 0 radical (unpaired) electrons. The minimum atomic E-state index is -0.797. The summed E-state index contributed by atoms with van der Waals surface area (Å²) in [7, 11) is 1.65. The molecule has 0 spiro atoms. The number of ether oxygens (including phenoxy) is 1. The summed E-state index contributed by atoms with van der Waals surface area (Å²) in [5.74, 6) is 0.403. The van der Waals surface area contributed by atoms with Crippen LogP contribution in [0, 0.1) is 0 Å². The molecule has 0 amide bonds. The van der Waals surface area contributed by atoms with Crippen LogP contribution in [0.4, 0.5) is 5.69 Å². The number of rotatable bonds is 3. The van der Waals surface area contributed by atoms with Gasteiger partial charge in [0, 0.05) is 11.2 Å². The van der Waals surface area contributed by atoms with E-state index in [9.17, 15) is 9.90 Å². The van der Waals surface area contributed by atoms with Gasteiger partial charge in [-0.25, -0.2) is 4.79 Å². The van der Waals surface area contributed by atoms with Crippen LogP contribution in [0.25, 0.3) is 0 Å². The van der Waals surface area contributed by atoms with Crippen LogP contribution in [0.5, 0.6) is 5.75 Å². The van der Waals surface area contributed by atoms with Gasteiger partial charge < -0.3 is 14.7 Å². The standard InChI is InChI=1S/C16H23NO3/c1-10-9-16(3,4)17(11(2)15(18)19)14-7-6-12(20-5)8-13(10)14/h6-8,10-11H,9H2,1-5H3,(H,18,19)/t10-,11+/m0/s1. The average molecular weight is 277 g/mol. The van der Waals surface area contributed by atoms with Crippen LogP contribution >= 0.6 is 0 Å². The molecule has 0 unspecified atom stereocenters. The Morgan fingerprint density at radius 3 is 2.70 bits per heavy atom. The number of benzene rings is 1. The Kier molecular flexibility index (Phi) is 3.67. The van der Waals surface area contributed by atoms with Gasteiger partial charge in [0.05, 0.1) is 7.11 Å². The van der Waals surface area contributed by atoms with Gasteiger partial charge in [-0.05, 0) is 56.9 Å². The molecule has 1 N–H and O–H groups in total. The van der Waals surface area contributed by atoms with E-state index in [0.29, 0.717) is 5.92 Å². The number of carbonyl (C=O) groups is 1. The second-order valence-corrected chi connectivity index (χ2v) is 6.23. The second-order valence-electron chi connectivity index (χ2n) is 6.23. The number of methoxy groups -OCH3 is 1. The van der Waals surface area contributed by atoms with Crippen molar-refractivity contribution in [2.24, 2.45) is 0 Å². The second kappa shape index (κ2) is 5.00. The predicted octanol–water partition coefficient (Wildman–Crippen LogP) is 3.26. The number of hydrogen-bond acceptors (Lipinski definition) is 3. The summed E-state index contributed by atoms with van der Waals surface area (Å²) < 4.78 is 5.29. The zero-order valence-corrected chi connectivity index (χ0v) is 12.8. The largest absolute Gasteiger partial charge is 0.497 e. The first-order chi connectivity index (χ1) is 9.27. The smallest absolute Gasteiger partial charge is 0.326 e. The lowest BCUT2D eigenvalue weighted by Crippen LogP contribution is -2.55. The zero-order valence-electron chi connectivity index (χ0n) is 12.8. The molecule has 20 heavy (non-hydrogen) atoms. The summed E-state index contributed by atoms with van der Waals surface area (Å²) in [6, 6.07) is 5.35. The third kappa shape index (κ3) is 2.35. The molecule has 0 bridgehead atoms. The fourth-order valence-corrected chi connectivity index (χ4v) is 3.40. The maximum Gasteiger partial charge on any atom is 0.326 e. The fraction of sp³-hybridized carbons (Fsp3) is 0.562. The van der Waals surface area contributed by atoms with Gasteiger partial charge >= 0.3 is 5.97 Å². The highest BCUT2D eigenvalue weighted by molar-refractivity contribution is 5.79. The Hall–Kier alpha value is -1.71. The Balaban J connectivity index is 2.56. The fourth-order valence-electron chi connectivity index (χ4n) is 3.40. The van der Waals surface area contributed by atoms with E-state index < -0.39 is 12.0 Å².